The second-order valence-electron chi connectivity index (χ2n) is 5.52. The van der Waals surface area contributed by atoms with E-state index in [2.05, 4.69) is 17.2 Å². The molecule has 0 aromatic heterocycles. The van der Waals surface area contributed by atoms with Crippen molar-refractivity contribution in [2.45, 2.75) is 32.8 Å². The van der Waals surface area contributed by atoms with Gasteiger partial charge in [-0.05, 0) is 32.9 Å². The normalized spacial score (nSPS) is 10.2. The van der Waals surface area contributed by atoms with Crippen LogP contribution in [0.4, 0.5) is 4.79 Å². The number of rotatable bonds is 4. The monoisotopic (exact) mass is 305 g/mol. The van der Waals surface area contributed by atoms with Crippen molar-refractivity contribution in [3.63, 3.8) is 0 Å². The molecule has 1 aromatic carbocycles. The number of alkyl carbamates (subject to hydrolysis) is 1. The summed E-state index contributed by atoms with van der Waals surface area (Å²) in [5.41, 5.74) is 0.199. The summed E-state index contributed by atoms with van der Waals surface area (Å²) in [6.45, 7) is 5.88. The van der Waals surface area contributed by atoms with Crippen LogP contribution in [0.1, 0.15) is 32.8 Å². The van der Waals surface area contributed by atoms with Crippen LogP contribution in [-0.2, 0) is 4.74 Å². The third-order valence-electron chi connectivity index (χ3n) is 2.56. The second-order valence-corrected chi connectivity index (χ2v) is 5.52. The summed E-state index contributed by atoms with van der Waals surface area (Å²) < 4.78 is 15.7. The van der Waals surface area contributed by atoms with Crippen LogP contribution in [0.2, 0.25) is 0 Å². The molecule has 0 heterocycles. The van der Waals surface area contributed by atoms with Crippen molar-refractivity contribution in [2.75, 3.05) is 20.8 Å². The number of nitrogens with one attached hydrogen (secondary N) is 1. The molecule has 22 heavy (non-hydrogen) atoms. The van der Waals surface area contributed by atoms with E-state index in [0.29, 0.717) is 30.0 Å². The number of carbonyl (C=O) groups is 1. The van der Waals surface area contributed by atoms with Gasteiger partial charge in [-0.15, -0.1) is 0 Å². The first-order valence-electron chi connectivity index (χ1n) is 7.04. The summed E-state index contributed by atoms with van der Waals surface area (Å²) in [6.07, 6.45) is 0.0599. The lowest BCUT2D eigenvalue weighted by atomic mass is 10.1. The molecule has 1 rings (SSSR count). The van der Waals surface area contributed by atoms with Gasteiger partial charge in [0.15, 0.2) is 0 Å². The maximum absolute atomic E-state index is 11.5. The minimum absolute atomic E-state index is 0.416. The fourth-order valence-corrected chi connectivity index (χ4v) is 1.67. The Morgan fingerprint density at radius 2 is 1.77 bits per heavy atom. The van der Waals surface area contributed by atoms with Crippen molar-refractivity contribution >= 4 is 6.09 Å². The SMILES string of the molecule is COc1cccc(OC)c1C#CCCNC(=O)OC(C)(C)C. The number of ether oxygens (including phenoxy) is 3. The van der Waals surface area contributed by atoms with Crippen molar-refractivity contribution in [1.82, 2.24) is 5.32 Å². The maximum atomic E-state index is 11.5. The zero-order valence-electron chi connectivity index (χ0n) is 13.8. The average Bonchev–Trinajstić information content (AvgIpc) is 2.44. The number of benzene rings is 1. The van der Waals surface area contributed by atoms with Gasteiger partial charge in [-0.1, -0.05) is 17.9 Å². The van der Waals surface area contributed by atoms with Crippen LogP contribution >= 0.6 is 0 Å². The smallest absolute Gasteiger partial charge is 0.407 e. The minimum Gasteiger partial charge on any atom is -0.495 e. The van der Waals surface area contributed by atoms with E-state index >= 15 is 0 Å². The van der Waals surface area contributed by atoms with E-state index in [4.69, 9.17) is 14.2 Å². The fourth-order valence-electron chi connectivity index (χ4n) is 1.67. The van der Waals surface area contributed by atoms with Crippen LogP contribution in [0, 0.1) is 11.8 Å². The lowest BCUT2D eigenvalue weighted by Gasteiger charge is -2.19. The highest BCUT2D eigenvalue weighted by atomic mass is 16.6. The molecule has 0 aliphatic heterocycles. The molecule has 120 valence electrons. The van der Waals surface area contributed by atoms with Crippen LogP contribution in [0.3, 0.4) is 0 Å². The van der Waals surface area contributed by atoms with Gasteiger partial charge in [0, 0.05) is 13.0 Å². The molecule has 0 bridgehead atoms. The van der Waals surface area contributed by atoms with Gasteiger partial charge in [-0.25, -0.2) is 4.79 Å². The van der Waals surface area contributed by atoms with E-state index in [0.717, 1.165) is 0 Å². The molecule has 0 fully saturated rings. The van der Waals surface area contributed by atoms with Crippen LogP contribution in [-0.4, -0.2) is 32.5 Å². The van der Waals surface area contributed by atoms with Gasteiger partial charge in [0.25, 0.3) is 0 Å². The molecule has 0 radical (unpaired) electrons. The highest BCUT2D eigenvalue weighted by Crippen LogP contribution is 2.26. The van der Waals surface area contributed by atoms with E-state index in [9.17, 15) is 4.79 Å². The van der Waals surface area contributed by atoms with Crippen molar-refractivity contribution in [2.24, 2.45) is 0 Å². The van der Waals surface area contributed by atoms with Gasteiger partial charge in [0.2, 0.25) is 0 Å². The topological polar surface area (TPSA) is 56.8 Å². The molecule has 0 saturated carbocycles. The predicted molar refractivity (Wildman–Crippen MR) is 85.3 cm³/mol. The maximum Gasteiger partial charge on any atom is 0.407 e. The Morgan fingerprint density at radius 1 is 1.18 bits per heavy atom. The van der Waals surface area contributed by atoms with Gasteiger partial charge in [-0.2, -0.15) is 0 Å². The van der Waals surface area contributed by atoms with Crippen LogP contribution in [0.5, 0.6) is 11.5 Å². The van der Waals surface area contributed by atoms with E-state index < -0.39 is 11.7 Å². The zero-order chi connectivity index (χ0) is 16.6. The van der Waals surface area contributed by atoms with Crippen LogP contribution in [0.15, 0.2) is 18.2 Å². The standard InChI is InChI=1S/C17H23NO4/c1-17(2,3)22-16(19)18-12-7-6-9-13-14(20-4)10-8-11-15(13)21-5/h8,10-11H,7,12H2,1-5H3,(H,18,19). The molecule has 1 N–H and O–H groups in total. The summed E-state index contributed by atoms with van der Waals surface area (Å²) in [5.74, 6) is 7.32. The summed E-state index contributed by atoms with van der Waals surface area (Å²) >= 11 is 0. The molecule has 5 heteroatoms. The summed E-state index contributed by atoms with van der Waals surface area (Å²) in [5, 5.41) is 2.66. The average molecular weight is 305 g/mol. The summed E-state index contributed by atoms with van der Waals surface area (Å²) in [4.78, 5) is 11.5. The first-order chi connectivity index (χ1) is 10.4. The third-order valence-corrected chi connectivity index (χ3v) is 2.56. The predicted octanol–water partition coefficient (Wildman–Crippen LogP) is 2.97. The van der Waals surface area contributed by atoms with E-state index in [1.165, 1.54) is 0 Å². The van der Waals surface area contributed by atoms with Crippen molar-refractivity contribution in [3.8, 4) is 23.3 Å². The number of carbonyl (C=O) groups excluding carboxylic acids is 1. The zero-order valence-corrected chi connectivity index (χ0v) is 13.8. The number of hydrogen-bond donors (Lipinski definition) is 1. The first-order valence-corrected chi connectivity index (χ1v) is 7.04. The molecule has 0 spiro atoms. The molecule has 1 amide bonds. The second kappa shape index (κ2) is 8.18. The van der Waals surface area contributed by atoms with Crippen LogP contribution < -0.4 is 14.8 Å². The molecule has 1 aromatic rings. The molecule has 5 nitrogen and oxygen atoms in total. The molecule has 0 aliphatic carbocycles. The van der Waals surface area contributed by atoms with Crippen molar-refractivity contribution < 1.29 is 19.0 Å². The van der Waals surface area contributed by atoms with Crippen molar-refractivity contribution in [3.05, 3.63) is 23.8 Å². The van der Waals surface area contributed by atoms with Gasteiger partial charge in [0.1, 0.15) is 22.7 Å². The number of hydrogen-bond acceptors (Lipinski definition) is 4. The highest BCUT2D eigenvalue weighted by Gasteiger charge is 2.15. The Kier molecular flexibility index (Phi) is 6.58. The minimum atomic E-state index is -0.499. The van der Waals surface area contributed by atoms with Crippen molar-refractivity contribution in [1.29, 1.82) is 0 Å². The Hall–Kier alpha value is -2.35. The van der Waals surface area contributed by atoms with E-state index in [1.54, 1.807) is 14.2 Å². The molecule has 0 saturated heterocycles. The summed E-state index contributed by atoms with van der Waals surface area (Å²) in [6, 6.07) is 5.49. The Morgan fingerprint density at radius 3 is 2.27 bits per heavy atom. The van der Waals surface area contributed by atoms with Crippen LogP contribution in [0.25, 0.3) is 0 Å². The lowest BCUT2D eigenvalue weighted by molar-refractivity contribution is 0.0529. The highest BCUT2D eigenvalue weighted by molar-refractivity contribution is 5.67. The molecule has 0 atom stereocenters. The Bertz CT molecular complexity index is 542. The van der Waals surface area contributed by atoms with Gasteiger partial charge >= 0.3 is 6.09 Å². The lowest BCUT2D eigenvalue weighted by Crippen LogP contribution is -2.32. The molecule has 0 unspecified atom stereocenters. The number of methoxy groups -OCH3 is 2. The Balaban J connectivity index is 2.57. The summed E-state index contributed by atoms with van der Waals surface area (Å²) in [7, 11) is 3.17. The van der Waals surface area contributed by atoms with Gasteiger partial charge in [-0.3, -0.25) is 0 Å². The van der Waals surface area contributed by atoms with Gasteiger partial charge in [0.05, 0.1) is 14.2 Å². The Labute approximate surface area is 131 Å². The molecule has 0 aliphatic rings. The quantitative estimate of drug-likeness (QED) is 0.686. The van der Waals surface area contributed by atoms with Gasteiger partial charge < -0.3 is 19.5 Å². The largest absolute Gasteiger partial charge is 0.495 e. The number of amides is 1. The fraction of sp³-hybridized carbons (Fsp3) is 0.471. The first kappa shape index (κ1) is 17.7. The molecular weight excluding hydrogens is 282 g/mol. The van der Waals surface area contributed by atoms with E-state index in [-0.39, 0.29) is 0 Å². The van der Waals surface area contributed by atoms with E-state index in [1.807, 2.05) is 39.0 Å². The third kappa shape index (κ3) is 5.96. The molecular formula is C17H23NO4.